The second-order valence-corrected chi connectivity index (χ2v) is 9.48. The van der Waals surface area contributed by atoms with Gasteiger partial charge in [-0.05, 0) is 13.0 Å². The SMILES string of the molecule is Cn1cc(-c2c[nH]c(/C(=N\C=N)N3CCN(c4ncc([C@@](C)(N)c5c(F)cc(F)cc5F)cn4)CC3)c2)cn1. The molecule has 0 unspecified atom stereocenters. The number of aromatic amines is 1. The summed E-state index contributed by atoms with van der Waals surface area (Å²) < 4.78 is 43.9. The molecule has 1 fully saturated rings. The third-order valence-electron chi connectivity index (χ3n) is 6.78. The van der Waals surface area contributed by atoms with Gasteiger partial charge in [-0.3, -0.25) is 10.1 Å². The predicted molar refractivity (Wildman–Crippen MR) is 141 cm³/mol. The summed E-state index contributed by atoms with van der Waals surface area (Å²) in [6, 6.07) is 3.17. The van der Waals surface area contributed by atoms with Crippen LogP contribution in [0.15, 0.2) is 54.2 Å². The van der Waals surface area contributed by atoms with Gasteiger partial charge in [-0.25, -0.2) is 28.1 Å². The maximum absolute atomic E-state index is 14.4. The summed E-state index contributed by atoms with van der Waals surface area (Å²) in [6.07, 6.45) is 9.46. The minimum atomic E-state index is -1.61. The average molecular weight is 537 g/mol. The minimum Gasteiger partial charge on any atom is -0.358 e. The van der Waals surface area contributed by atoms with Gasteiger partial charge in [-0.15, -0.1) is 0 Å². The number of anilines is 1. The highest BCUT2D eigenvalue weighted by atomic mass is 19.1. The molecule has 1 aliphatic heterocycles. The number of piperazine rings is 1. The molecule has 3 aromatic heterocycles. The molecule has 1 aliphatic rings. The zero-order valence-corrected chi connectivity index (χ0v) is 21.4. The molecule has 4 aromatic rings. The maximum Gasteiger partial charge on any atom is 0.225 e. The highest BCUT2D eigenvalue weighted by Gasteiger charge is 2.32. The van der Waals surface area contributed by atoms with Gasteiger partial charge < -0.3 is 20.5 Å². The van der Waals surface area contributed by atoms with Crippen LogP contribution in [0, 0.1) is 22.9 Å². The number of hydrogen-bond donors (Lipinski definition) is 3. The molecule has 13 heteroatoms. The lowest BCUT2D eigenvalue weighted by Crippen LogP contribution is -2.49. The van der Waals surface area contributed by atoms with Crippen molar-refractivity contribution in [3.8, 4) is 11.1 Å². The van der Waals surface area contributed by atoms with Crippen molar-refractivity contribution in [2.75, 3.05) is 31.1 Å². The summed E-state index contributed by atoms with van der Waals surface area (Å²) in [4.78, 5) is 20.4. The van der Waals surface area contributed by atoms with E-state index in [4.69, 9.17) is 11.1 Å². The third kappa shape index (κ3) is 5.12. The Morgan fingerprint density at radius 1 is 1.05 bits per heavy atom. The molecule has 1 atom stereocenters. The Labute approximate surface area is 222 Å². The molecule has 0 radical (unpaired) electrons. The molecular formula is C26H27F3N10. The number of benzene rings is 1. The lowest BCUT2D eigenvalue weighted by atomic mass is 9.86. The van der Waals surface area contributed by atoms with Crippen molar-refractivity contribution in [2.45, 2.75) is 12.5 Å². The molecule has 10 nitrogen and oxygen atoms in total. The topological polar surface area (TPSA) is 128 Å². The normalized spacial score (nSPS) is 15.9. The number of aliphatic imine (C=N–C) groups is 1. The first-order valence-corrected chi connectivity index (χ1v) is 12.2. The van der Waals surface area contributed by atoms with E-state index in [0.717, 1.165) is 23.2 Å². The summed E-state index contributed by atoms with van der Waals surface area (Å²) in [5.74, 6) is -2.07. The lowest BCUT2D eigenvalue weighted by Gasteiger charge is -2.36. The fraction of sp³-hybridized carbons (Fsp3) is 0.269. The Hall–Kier alpha value is -4.52. The molecule has 0 bridgehead atoms. The molecule has 4 heterocycles. The van der Waals surface area contributed by atoms with E-state index in [1.54, 1.807) is 10.9 Å². The van der Waals surface area contributed by atoms with Crippen LogP contribution in [0.4, 0.5) is 19.1 Å². The molecule has 0 aliphatic carbocycles. The summed E-state index contributed by atoms with van der Waals surface area (Å²) >= 11 is 0. The van der Waals surface area contributed by atoms with E-state index in [1.165, 1.54) is 19.3 Å². The highest BCUT2D eigenvalue weighted by molar-refractivity contribution is 6.01. The molecule has 5 rings (SSSR count). The van der Waals surface area contributed by atoms with Crippen molar-refractivity contribution in [3.63, 3.8) is 0 Å². The number of nitrogens with zero attached hydrogens (tertiary/aromatic N) is 7. The first-order valence-electron chi connectivity index (χ1n) is 12.2. The van der Waals surface area contributed by atoms with Crippen molar-refractivity contribution >= 4 is 18.1 Å². The number of halogens is 3. The summed E-state index contributed by atoms with van der Waals surface area (Å²) in [7, 11) is 1.86. The van der Waals surface area contributed by atoms with Gasteiger partial charge in [-0.2, -0.15) is 5.10 Å². The van der Waals surface area contributed by atoms with Crippen LogP contribution in [-0.4, -0.2) is 68.0 Å². The molecule has 1 aromatic carbocycles. The fourth-order valence-electron chi connectivity index (χ4n) is 4.70. The van der Waals surface area contributed by atoms with Crippen molar-refractivity contribution in [2.24, 2.45) is 17.8 Å². The van der Waals surface area contributed by atoms with Gasteiger partial charge >= 0.3 is 0 Å². The first kappa shape index (κ1) is 26.1. The van der Waals surface area contributed by atoms with Gasteiger partial charge in [0.1, 0.15) is 23.8 Å². The highest BCUT2D eigenvalue weighted by Crippen LogP contribution is 2.31. The fourth-order valence-corrected chi connectivity index (χ4v) is 4.70. The largest absolute Gasteiger partial charge is 0.358 e. The summed E-state index contributed by atoms with van der Waals surface area (Å²) in [5, 5.41) is 11.8. The van der Waals surface area contributed by atoms with Crippen LogP contribution in [0.25, 0.3) is 11.1 Å². The van der Waals surface area contributed by atoms with E-state index in [1.807, 2.05) is 30.4 Å². The zero-order valence-electron chi connectivity index (χ0n) is 21.4. The smallest absolute Gasteiger partial charge is 0.225 e. The second kappa shape index (κ2) is 10.3. The van der Waals surface area contributed by atoms with Crippen molar-refractivity contribution < 1.29 is 13.2 Å². The maximum atomic E-state index is 14.4. The van der Waals surface area contributed by atoms with Crippen molar-refractivity contribution in [1.82, 2.24) is 29.6 Å². The summed E-state index contributed by atoms with van der Waals surface area (Å²) in [6.45, 7) is 3.77. The van der Waals surface area contributed by atoms with Gasteiger partial charge in [0, 0.05) is 92.4 Å². The number of nitrogens with two attached hydrogens (primary N) is 1. The zero-order chi connectivity index (χ0) is 27.7. The van der Waals surface area contributed by atoms with E-state index in [0.29, 0.717) is 50.1 Å². The molecule has 0 saturated carbocycles. The predicted octanol–water partition coefficient (Wildman–Crippen LogP) is 3.02. The lowest BCUT2D eigenvalue weighted by molar-refractivity contribution is 0.383. The molecule has 0 amide bonds. The Morgan fingerprint density at radius 3 is 2.31 bits per heavy atom. The Balaban J connectivity index is 1.28. The Morgan fingerprint density at radius 2 is 1.72 bits per heavy atom. The molecule has 202 valence electrons. The van der Waals surface area contributed by atoms with Gasteiger partial charge in [-0.1, -0.05) is 0 Å². The van der Waals surface area contributed by atoms with Gasteiger partial charge in [0.05, 0.1) is 17.4 Å². The Bertz CT molecular complexity index is 1490. The van der Waals surface area contributed by atoms with Crippen LogP contribution >= 0.6 is 0 Å². The van der Waals surface area contributed by atoms with E-state index >= 15 is 0 Å². The molecule has 0 spiro atoms. The van der Waals surface area contributed by atoms with Crippen molar-refractivity contribution in [3.05, 3.63) is 83.5 Å². The van der Waals surface area contributed by atoms with Crippen LogP contribution in [0.2, 0.25) is 0 Å². The molecule has 1 saturated heterocycles. The number of H-pyrrole nitrogens is 1. The van der Waals surface area contributed by atoms with Gasteiger partial charge in [0.25, 0.3) is 0 Å². The molecular weight excluding hydrogens is 509 g/mol. The van der Waals surface area contributed by atoms with E-state index in [-0.39, 0.29) is 5.56 Å². The molecule has 4 N–H and O–H groups in total. The standard InChI is InChI=1S/C26H27F3N10/c1-26(31,23-20(28)8-19(27)9-21(23)29)18-12-33-25(34-13-18)39-5-3-38(4-6-39)24(35-15-30)22-7-16(10-32-22)17-11-36-37(2)14-17/h7-15,30,32H,3-6,31H2,1-2H3/b30-15?,35-24+/t26-/m1/s1. The number of hydrogen-bond acceptors (Lipinski definition) is 6. The average Bonchev–Trinajstić information content (AvgIpc) is 3.56. The summed E-state index contributed by atoms with van der Waals surface area (Å²) in [5.41, 5.74) is 7.22. The van der Waals surface area contributed by atoms with E-state index in [9.17, 15) is 13.2 Å². The monoisotopic (exact) mass is 536 g/mol. The number of amidine groups is 1. The number of aromatic nitrogens is 5. The first-order chi connectivity index (χ1) is 18.7. The quantitative estimate of drug-likeness (QED) is 0.257. The third-order valence-corrected chi connectivity index (χ3v) is 6.78. The van der Waals surface area contributed by atoms with E-state index < -0.39 is 28.6 Å². The molecule has 39 heavy (non-hydrogen) atoms. The minimum absolute atomic E-state index is 0.283. The number of aryl methyl sites for hydroxylation is 1. The van der Waals surface area contributed by atoms with Gasteiger partial charge in [0.2, 0.25) is 5.95 Å². The van der Waals surface area contributed by atoms with Crippen LogP contribution in [0.1, 0.15) is 23.7 Å². The second-order valence-electron chi connectivity index (χ2n) is 9.48. The van der Waals surface area contributed by atoms with E-state index in [2.05, 4.69) is 29.9 Å². The van der Waals surface area contributed by atoms with Crippen molar-refractivity contribution in [1.29, 1.82) is 5.41 Å². The van der Waals surface area contributed by atoms with Crippen LogP contribution in [0.3, 0.4) is 0 Å². The Kier molecular flexibility index (Phi) is 6.91. The number of rotatable bonds is 6. The van der Waals surface area contributed by atoms with Crippen LogP contribution in [0.5, 0.6) is 0 Å². The van der Waals surface area contributed by atoms with Gasteiger partial charge in [0.15, 0.2) is 5.84 Å². The van der Waals surface area contributed by atoms with Crippen LogP contribution in [-0.2, 0) is 12.6 Å². The van der Waals surface area contributed by atoms with Crippen LogP contribution < -0.4 is 10.6 Å². The number of nitrogens with one attached hydrogen (secondary N) is 2.